The van der Waals surface area contributed by atoms with Gasteiger partial charge in [0.05, 0.1) is 12.7 Å². The number of methoxy groups -OCH3 is 1. The van der Waals surface area contributed by atoms with Crippen molar-refractivity contribution in [2.45, 2.75) is 0 Å². The first-order chi connectivity index (χ1) is 12.0. The van der Waals surface area contributed by atoms with Gasteiger partial charge in [0, 0.05) is 5.56 Å². The van der Waals surface area contributed by atoms with Crippen LogP contribution < -0.4 is 20.3 Å². The number of carbonyl (C=O) groups excluding carboxylic acids is 3. The van der Waals surface area contributed by atoms with E-state index in [9.17, 15) is 18.8 Å². The van der Waals surface area contributed by atoms with E-state index >= 15 is 0 Å². The van der Waals surface area contributed by atoms with Crippen molar-refractivity contribution < 1.29 is 28.2 Å². The number of hydrogen-bond acceptors (Lipinski definition) is 5. The van der Waals surface area contributed by atoms with Gasteiger partial charge in [-0.3, -0.25) is 25.2 Å². The van der Waals surface area contributed by atoms with Gasteiger partial charge in [0.25, 0.3) is 11.8 Å². The van der Waals surface area contributed by atoms with Crippen LogP contribution in [0.3, 0.4) is 0 Å². The van der Waals surface area contributed by atoms with Crippen molar-refractivity contribution in [2.24, 2.45) is 0 Å². The van der Waals surface area contributed by atoms with E-state index in [4.69, 9.17) is 9.47 Å². The molecule has 2 aromatic carbocycles. The molecule has 0 bridgehead atoms. The molecule has 0 aromatic heterocycles. The first-order valence-electron chi connectivity index (χ1n) is 7.15. The molecule has 2 N–H and O–H groups in total. The topological polar surface area (TPSA) is 93.7 Å². The fourth-order valence-corrected chi connectivity index (χ4v) is 1.90. The van der Waals surface area contributed by atoms with Crippen LogP contribution in [0, 0.1) is 5.82 Å². The van der Waals surface area contributed by atoms with Gasteiger partial charge in [0.15, 0.2) is 18.1 Å². The van der Waals surface area contributed by atoms with Gasteiger partial charge in [-0.1, -0.05) is 12.1 Å². The SMILES string of the molecule is COc1cc(C=O)ccc1OCC(=O)NNC(=O)c1ccccc1F. The second-order valence-corrected chi connectivity index (χ2v) is 4.80. The Labute approximate surface area is 142 Å². The quantitative estimate of drug-likeness (QED) is 0.610. The van der Waals surface area contributed by atoms with E-state index < -0.39 is 24.2 Å². The Hall–Kier alpha value is -3.42. The van der Waals surface area contributed by atoms with Crippen LogP contribution in [-0.4, -0.2) is 31.8 Å². The van der Waals surface area contributed by atoms with E-state index in [1.807, 2.05) is 0 Å². The maximum absolute atomic E-state index is 13.4. The van der Waals surface area contributed by atoms with Gasteiger partial charge in [0.1, 0.15) is 12.1 Å². The van der Waals surface area contributed by atoms with Crippen LogP contribution >= 0.6 is 0 Å². The first kappa shape index (κ1) is 17.9. The smallest absolute Gasteiger partial charge is 0.276 e. The molecule has 2 amide bonds. The second kappa shape index (κ2) is 8.44. The minimum absolute atomic E-state index is 0.199. The van der Waals surface area contributed by atoms with Gasteiger partial charge >= 0.3 is 0 Å². The summed E-state index contributed by atoms with van der Waals surface area (Å²) < 4.78 is 23.8. The summed E-state index contributed by atoms with van der Waals surface area (Å²) in [6.45, 7) is -0.422. The van der Waals surface area contributed by atoms with E-state index in [2.05, 4.69) is 10.9 Å². The first-order valence-corrected chi connectivity index (χ1v) is 7.15. The summed E-state index contributed by atoms with van der Waals surface area (Å²) in [4.78, 5) is 34.2. The number of aldehydes is 1. The van der Waals surface area contributed by atoms with Crippen LogP contribution in [-0.2, 0) is 4.79 Å². The van der Waals surface area contributed by atoms with Crippen molar-refractivity contribution in [2.75, 3.05) is 13.7 Å². The van der Waals surface area contributed by atoms with Crippen molar-refractivity contribution in [1.29, 1.82) is 0 Å². The van der Waals surface area contributed by atoms with Crippen molar-refractivity contribution in [3.63, 3.8) is 0 Å². The number of halogens is 1. The Bertz CT molecular complexity index is 794. The summed E-state index contributed by atoms with van der Waals surface area (Å²) in [6, 6.07) is 9.80. The highest BCUT2D eigenvalue weighted by molar-refractivity contribution is 5.95. The summed E-state index contributed by atoms with van der Waals surface area (Å²) in [5.41, 5.74) is 4.39. The standard InChI is InChI=1S/C17H15FN2O5/c1-24-15-8-11(9-21)6-7-14(15)25-10-16(22)19-20-17(23)12-4-2-3-5-13(12)18/h2-9H,10H2,1H3,(H,19,22)(H,20,23). The van der Waals surface area contributed by atoms with E-state index in [0.29, 0.717) is 11.8 Å². The third-order valence-electron chi connectivity index (χ3n) is 3.12. The molecule has 0 saturated heterocycles. The lowest BCUT2D eigenvalue weighted by Gasteiger charge is -2.11. The molecule has 0 aliphatic rings. The lowest BCUT2D eigenvalue weighted by atomic mass is 10.2. The molecule has 25 heavy (non-hydrogen) atoms. The molecule has 0 heterocycles. The van der Waals surface area contributed by atoms with Crippen LogP contribution in [0.2, 0.25) is 0 Å². The Morgan fingerprint density at radius 2 is 1.88 bits per heavy atom. The highest BCUT2D eigenvalue weighted by Gasteiger charge is 2.12. The third-order valence-corrected chi connectivity index (χ3v) is 3.12. The number of hydrazine groups is 1. The molecule has 7 nitrogen and oxygen atoms in total. The van der Waals surface area contributed by atoms with Gasteiger partial charge in [0.2, 0.25) is 0 Å². The fourth-order valence-electron chi connectivity index (χ4n) is 1.90. The number of nitrogens with one attached hydrogen (secondary N) is 2. The molecule has 0 saturated carbocycles. The predicted molar refractivity (Wildman–Crippen MR) is 85.9 cm³/mol. The highest BCUT2D eigenvalue weighted by Crippen LogP contribution is 2.27. The molecule has 130 valence electrons. The van der Waals surface area contributed by atoms with Crippen molar-refractivity contribution in [1.82, 2.24) is 10.9 Å². The van der Waals surface area contributed by atoms with Crippen LogP contribution in [0.1, 0.15) is 20.7 Å². The highest BCUT2D eigenvalue weighted by atomic mass is 19.1. The normalized spacial score (nSPS) is 9.84. The van der Waals surface area contributed by atoms with Gasteiger partial charge in [-0.25, -0.2) is 4.39 Å². The molecule has 0 aliphatic carbocycles. The maximum Gasteiger partial charge on any atom is 0.276 e. The van der Waals surface area contributed by atoms with E-state index in [-0.39, 0.29) is 17.1 Å². The average molecular weight is 346 g/mol. The largest absolute Gasteiger partial charge is 0.493 e. The molecule has 0 fully saturated rings. The van der Waals surface area contributed by atoms with Crippen molar-refractivity contribution in [3.05, 3.63) is 59.4 Å². The zero-order chi connectivity index (χ0) is 18.2. The van der Waals surface area contributed by atoms with Crippen LogP contribution in [0.4, 0.5) is 4.39 Å². The van der Waals surface area contributed by atoms with Crippen LogP contribution in [0.5, 0.6) is 11.5 Å². The molecule has 0 aliphatic heterocycles. The number of carbonyl (C=O) groups is 3. The minimum atomic E-state index is -0.792. The average Bonchev–Trinajstić information content (AvgIpc) is 2.64. The monoisotopic (exact) mass is 346 g/mol. The summed E-state index contributed by atoms with van der Waals surface area (Å²) >= 11 is 0. The van der Waals surface area contributed by atoms with Crippen molar-refractivity contribution >= 4 is 18.1 Å². The lowest BCUT2D eigenvalue weighted by molar-refractivity contribution is -0.123. The van der Waals surface area contributed by atoms with E-state index in [1.54, 1.807) is 0 Å². The van der Waals surface area contributed by atoms with Gasteiger partial charge in [-0.05, 0) is 30.3 Å². The molecular weight excluding hydrogens is 331 g/mol. The molecule has 0 atom stereocenters. The molecular formula is C17H15FN2O5. The van der Waals surface area contributed by atoms with Gasteiger partial charge in [-0.15, -0.1) is 0 Å². The van der Waals surface area contributed by atoms with Gasteiger partial charge in [-0.2, -0.15) is 0 Å². The van der Waals surface area contributed by atoms with E-state index in [1.165, 1.54) is 43.5 Å². The number of benzene rings is 2. The second-order valence-electron chi connectivity index (χ2n) is 4.80. The number of amides is 2. The fraction of sp³-hybridized carbons (Fsp3) is 0.118. The van der Waals surface area contributed by atoms with Crippen molar-refractivity contribution in [3.8, 4) is 11.5 Å². The van der Waals surface area contributed by atoms with Crippen LogP contribution in [0.25, 0.3) is 0 Å². The Morgan fingerprint density at radius 3 is 2.56 bits per heavy atom. The summed E-state index contributed by atoms with van der Waals surface area (Å²) in [7, 11) is 1.39. The van der Waals surface area contributed by atoms with Gasteiger partial charge < -0.3 is 9.47 Å². The summed E-state index contributed by atoms with van der Waals surface area (Å²) in [5, 5.41) is 0. The summed E-state index contributed by atoms with van der Waals surface area (Å²) in [6.07, 6.45) is 0.650. The predicted octanol–water partition coefficient (Wildman–Crippen LogP) is 1.49. The Kier molecular flexibility index (Phi) is 6.05. The molecule has 2 aromatic rings. The number of hydrogen-bond donors (Lipinski definition) is 2. The molecule has 2 rings (SSSR count). The molecule has 0 unspecified atom stereocenters. The lowest BCUT2D eigenvalue weighted by Crippen LogP contribution is -2.44. The van der Waals surface area contributed by atoms with Crippen LogP contribution in [0.15, 0.2) is 42.5 Å². The van der Waals surface area contributed by atoms with E-state index in [0.717, 1.165) is 6.07 Å². The minimum Gasteiger partial charge on any atom is -0.493 e. The zero-order valence-corrected chi connectivity index (χ0v) is 13.2. The maximum atomic E-state index is 13.4. The summed E-state index contributed by atoms with van der Waals surface area (Å²) in [5.74, 6) is -1.62. The third kappa shape index (κ3) is 4.77. The zero-order valence-electron chi connectivity index (χ0n) is 13.2. The number of rotatable bonds is 6. The molecule has 8 heteroatoms. The molecule has 0 spiro atoms. The molecule has 0 radical (unpaired) electrons. The Morgan fingerprint density at radius 1 is 1.12 bits per heavy atom. The number of ether oxygens (including phenoxy) is 2. The Balaban J connectivity index is 1.88.